The van der Waals surface area contributed by atoms with Crippen LogP contribution in [0.3, 0.4) is 0 Å². The lowest BCUT2D eigenvalue weighted by atomic mass is 10.1. The van der Waals surface area contributed by atoms with Gasteiger partial charge >= 0.3 is 17.9 Å². The highest BCUT2D eigenvalue weighted by molar-refractivity contribution is 5.83. The van der Waals surface area contributed by atoms with Crippen LogP contribution >= 0.6 is 0 Å². The van der Waals surface area contributed by atoms with Crippen LogP contribution < -0.4 is 10.5 Å². The molecule has 4 N–H and O–H groups in total. The molecule has 0 aliphatic heterocycles. The van der Waals surface area contributed by atoms with E-state index in [0.717, 1.165) is 5.56 Å². The summed E-state index contributed by atoms with van der Waals surface area (Å²) in [6.45, 7) is 0. The third-order valence-electron chi connectivity index (χ3n) is 2.70. The normalized spacial score (nSPS) is 11.7. The number of carboxylic acids is 2. The molecule has 0 aliphatic rings. The van der Waals surface area contributed by atoms with Crippen LogP contribution in [0.15, 0.2) is 24.3 Å². The van der Waals surface area contributed by atoms with E-state index in [4.69, 9.17) is 20.7 Å². The standard InChI is InChI=1S/C14H17NO6/c15-11(8-13(18)19)14(20)21-10-6-4-9(5-7-10)2-1-3-12(16)17/h4-7,11H,1-3,8,15H2,(H,16,17)(H,18,19)/t11-/m0/s1. The summed E-state index contributed by atoms with van der Waals surface area (Å²) in [6.07, 6.45) is 0.740. The second kappa shape index (κ2) is 8.01. The number of ether oxygens (including phenoxy) is 1. The minimum Gasteiger partial charge on any atom is -0.481 e. The molecular formula is C14H17NO6. The summed E-state index contributed by atoms with van der Waals surface area (Å²) in [4.78, 5) is 32.3. The first kappa shape index (κ1) is 16.6. The monoisotopic (exact) mass is 295 g/mol. The molecule has 0 saturated heterocycles. The van der Waals surface area contributed by atoms with Gasteiger partial charge in [0.2, 0.25) is 0 Å². The fourth-order valence-corrected chi connectivity index (χ4v) is 1.63. The van der Waals surface area contributed by atoms with Gasteiger partial charge in [0.15, 0.2) is 0 Å². The summed E-state index contributed by atoms with van der Waals surface area (Å²) in [6, 6.07) is 5.33. The van der Waals surface area contributed by atoms with Crippen LogP contribution in [0.1, 0.15) is 24.8 Å². The van der Waals surface area contributed by atoms with E-state index >= 15 is 0 Å². The Labute approximate surface area is 121 Å². The number of esters is 1. The molecule has 0 saturated carbocycles. The van der Waals surface area contributed by atoms with E-state index in [0.29, 0.717) is 12.8 Å². The van der Waals surface area contributed by atoms with Crippen molar-refractivity contribution < 1.29 is 29.3 Å². The molecule has 0 unspecified atom stereocenters. The zero-order valence-corrected chi connectivity index (χ0v) is 11.3. The average molecular weight is 295 g/mol. The Hall–Kier alpha value is -2.41. The molecule has 0 fully saturated rings. The topological polar surface area (TPSA) is 127 Å². The van der Waals surface area contributed by atoms with Gasteiger partial charge in [0.05, 0.1) is 6.42 Å². The lowest BCUT2D eigenvalue weighted by molar-refractivity contribution is -0.143. The molecule has 114 valence electrons. The van der Waals surface area contributed by atoms with Crippen molar-refractivity contribution >= 4 is 17.9 Å². The van der Waals surface area contributed by atoms with E-state index in [2.05, 4.69) is 0 Å². The van der Waals surface area contributed by atoms with Crippen molar-refractivity contribution in [2.45, 2.75) is 31.7 Å². The van der Waals surface area contributed by atoms with Crippen molar-refractivity contribution in [1.29, 1.82) is 0 Å². The van der Waals surface area contributed by atoms with Crippen LogP contribution in [-0.4, -0.2) is 34.2 Å². The summed E-state index contributed by atoms with van der Waals surface area (Å²) in [7, 11) is 0. The van der Waals surface area contributed by atoms with Gasteiger partial charge in [-0.05, 0) is 30.5 Å². The molecular weight excluding hydrogens is 278 g/mol. The van der Waals surface area contributed by atoms with E-state index in [-0.39, 0.29) is 12.2 Å². The first-order valence-corrected chi connectivity index (χ1v) is 6.38. The van der Waals surface area contributed by atoms with Crippen molar-refractivity contribution in [2.24, 2.45) is 5.73 Å². The third-order valence-corrected chi connectivity index (χ3v) is 2.70. The van der Waals surface area contributed by atoms with Gasteiger partial charge < -0.3 is 20.7 Å². The summed E-state index contributed by atoms with van der Waals surface area (Å²) in [5.74, 6) is -2.56. The molecule has 0 aliphatic carbocycles. The maximum atomic E-state index is 11.5. The van der Waals surface area contributed by atoms with Crippen LogP contribution in [0.4, 0.5) is 0 Å². The highest BCUT2D eigenvalue weighted by atomic mass is 16.5. The van der Waals surface area contributed by atoms with Gasteiger partial charge in [-0.3, -0.25) is 9.59 Å². The zero-order chi connectivity index (χ0) is 15.8. The van der Waals surface area contributed by atoms with E-state index in [1.807, 2.05) is 0 Å². The molecule has 0 radical (unpaired) electrons. The summed E-state index contributed by atoms with van der Waals surface area (Å²) >= 11 is 0. The Bertz CT molecular complexity index is 511. The molecule has 1 atom stereocenters. The van der Waals surface area contributed by atoms with Crippen molar-refractivity contribution in [3.63, 3.8) is 0 Å². The number of nitrogens with two attached hydrogens (primary N) is 1. The fourth-order valence-electron chi connectivity index (χ4n) is 1.63. The van der Waals surface area contributed by atoms with Crippen LogP contribution in [0.2, 0.25) is 0 Å². The van der Waals surface area contributed by atoms with Crippen molar-refractivity contribution in [2.75, 3.05) is 0 Å². The number of carbonyl (C=O) groups excluding carboxylic acids is 1. The molecule has 1 aromatic carbocycles. The van der Waals surface area contributed by atoms with Gasteiger partial charge in [-0.15, -0.1) is 0 Å². The predicted molar refractivity (Wildman–Crippen MR) is 72.9 cm³/mol. The van der Waals surface area contributed by atoms with Crippen LogP contribution in [-0.2, 0) is 20.8 Å². The molecule has 0 bridgehead atoms. The molecule has 0 amide bonds. The molecule has 21 heavy (non-hydrogen) atoms. The first-order valence-electron chi connectivity index (χ1n) is 6.38. The maximum Gasteiger partial charge on any atom is 0.328 e. The van der Waals surface area contributed by atoms with E-state index in [1.165, 1.54) is 0 Å². The zero-order valence-electron chi connectivity index (χ0n) is 11.3. The molecule has 1 rings (SSSR count). The number of aliphatic carboxylic acids is 2. The second-order valence-corrected chi connectivity index (χ2v) is 4.52. The Morgan fingerprint density at radius 2 is 1.71 bits per heavy atom. The number of hydrogen-bond donors (Lipinski definition) is 3. The molecule has 0 spiro atoms. The van der Waals surface area contributed by atoms with Crippen molar-refractivity contribution in [3.05, 3.63) is 29.8 Å². The molecule has 0 heterocycles. The number of carbonyl (C=O) groups is 3. The van der Waals surface area contributed by atoms with E-state index in [9.17, 15) is 14.4 Å². The molecule has 7 nitrogen and oxygen atoms in total. The lowest BCUT2D eigenvalue weighted by Gasteiger charge is -2.09. The highest BCUT2D eigenvalue weighted by Crippen LogP contribution is 2.14. The quantitative estimate of drug-likeness (QED) is 0.478. The number of benzene rings is 1. The summed E-state index contributed by atoms with van der Waals surface area (Å²) in [5, 5.41) is 17.1. The van der Waals surface area contributed by atoms with Crippen LogP contribution in [0.5, 0.6) is 5.75 Å². The van der Waals surface area contributed by atoms with E-state index < -0.39 is 30.4 Å². The number of rotatable bonds is 8. The van der Waals surface area contributed by atoms with Gasteiger partial charge in [-0.2, -0.15) is 0 Å². The van der Waals surface area contributed by atoms with Crippen molar-refractivity contribution in [1.82, 2.24) is 0 Å². The predicted octanol–water partition coefficient (Wildman–Crippen LogP) is 0.801. The smallest absolute Gasteiger partial charge is 0.328 e. The molecule has 1 aromatic rings. The Morgan fingerprint density at radius 3 is 2.24 bits per heavy atom. The van der Waals surface area contributed by atoms with Gasteiger partial charge in [0, 0.05) is 6.42 Å². The summed E-state index contributed by atoms with van der Waals surface area (Å²) < 4.78 is 4.95. The SMILES string of the molecule is N[C@@H](CC(=O)O)C(=O)Oc1ccc(CCCC(=O)O)cc1. The number of aryl methyl sites for hydroxylation is 1. The maximum absolute atomic E-state index is 11.5. The van der Waals surface area contributed by atoms with Gasteiger partial charge in [-0.1, -0.05) is 12.1 Å². The third kappa shape index (κ3) is 6.53. The Morgan fingerprint density at radius 1 is 1.10 bits per heavy atom. The molecule has 7 heteroatoms. The van der Waals surface area contributed by atoms with Gasteiger partial charge in [0.1, 0.15) is 11.8 Å². The number of carboxylic acid groups (broad SMARTS) is 2. The van der Waals surface area contributed by atoms with Gasteiger partial charge in [0.25, 0.3) is 0 Å². The van der Waals surface area contributed by atoms with Crippen molar-refractivity contribution in [3.8, 4) is 5.75 Å². The van der Waals surface area contributed by atoms with E-state index in [1.54, 1.807) is 24.3 Å². The lowest BCUT2D eigenvalue weighted by Crippen LogP contribution is -2.36. The molecule has 0 aromatic heterocycles. The minimum atomic E-state index is -1.21. The minimum absolute atomic E-state index is 0.0980. The van der Waals surface area contributed by atoms with Gasteiger partial charge in [-0.25, -0.2) is 4.79 Å². The number of hydrogen-bond acceptors (Lipinski definition) is 5. The summed E-state index contributed by atoms with van der Waals surface area (Å²) in [5.41, 5.74) is 6.30. The fraction of sp³-hybridized carbons (Fsp3) is 0.357. The first-order chi connectivity index (χ1) is 9.88. The van der Waals surface area contributed by atoms with Crippen LogP contribution in [0.25, 0.3) is 0 Å². The van der Waals surface area contributed by atoms with Crippen LogP contribution in [0, 0.1) is 0 Å². The second-order valence-electron chi connectivity index (χ2n) is 4.52. The average Bonchev–Trinajstić information content (AvgIpc) is 2.39. The highest BCUT2D eigenvalue weighted by Gasteiger charge is 2.19. The Kier molecular flexibility index (Phi) is 6.35. The largest absolute Gasteiger partial charge is 0.481 e. The Balaban J connectivity index is 2.48.